The molecule has 0 atom stereocenters. The Morgan fingerprint density at radius 3 is 2.75 bits per heavy atom. The van der Waals surface area contributed by atoms with Gasteiger partial charge in [-0.2, -0.15) is 5.10 Å². The summed E-state index contributed by atoms with van der Waals surface area (Å²) >= 11 is 0. The van der Waals surface area contributed by atoms with Crippen molar-refractivity contribution < 1.29 is 4.79 Å². The molecule has 1 aromatic carbocycles. The van der Waals surface area contributed by atoms with Crippen molar-refractivity contribution in [1.82, 2.24) is 15.5 Å². The van der Waals surface area contributed by atoms with E-state index in [1.165, 1.54) is 6.42 Å². The van der Waals surface area contributed by atoms with E-state index in [0.29, 0.717) is 10.9 Å². The van der Waals surface area contributed by atoms with E-state index < -0.39 is 0 Å². The average molecular weight is 271 g/mol. The van der Waals surface area contributed by atoms with Crippen LogP contribution in [0.5, 0.6) is 0 Å². The molecule has 1 saturated carbocycles. The number of benzene rings is 1. The van der Waals surface area contributed by atoms with Crippen LogP contribution in [0.4, 0.5) is 0 Å². The molecule has 3 rings (SSSR count). The highest BCUT2D eigenvalue weighted by Gasteiger charge is 2.20. The Bertz CT molecular complexity index is 687. The number of carbonyl (C=O) groups excluding carboxylic acids is 1. The molecule has 1 aliphatic rings. The van der Waals surface area contributed by atoms with Gasteiger partial charge in [0.05, 0.1) is 5.52 Å². The van der Waals surface area contributed by atoms with Crippen molar-refractivity contribution in [3.8, 4) is 0 Å². The summed E-state index contributed by atoms with van der Waals surface area (Å²) in [5.41, 5.74) is 0.286. The van der Waals surface area contributed by atoms with Crippen LogP contribution in [-0.4, -0.2) is 22.1 Å². The summed E-state index contributed by atoms with van der Waals surface area (Å²) in [5, 5.41) is 10.1. The molecule has 20 heavy (non-hydrogen) atoms. The van der Waals surface area contributed by atoms with Gasteiger partial charge in [0.2, 0.25) is 5.43 Å². The van der Waals surface area contributed by atoms with Crippen molar-refractivity contribution in [3.05, 3.63) is 40.2 Å². The standard InChI is InChI=1S/C15H17N3O2/c19-14-11-8-4-5-9-12(11)17-18-13(14)15(20)16-10-6-2-1-3-7-10/h4-5,8-10H,1-3,6-7H2,(H,16,20)(H,17,19). The number of carbonyl (C=O) groups is 1. The second kappa shape index (κ2) is 5.45. The summed E-state index contributed by atoms with van der Waals surface area (Å²) in [5.74, 6) is -0.371. The Morgan fingerprint density at radius 2 is 1.95 bits per heavy atom. The quantitative estimate of drug-likeness (QED) is 0.877. The minimum atomic E-state index is -0.371. The summed E-state index contributed by atoms with van der Waals surface area (Å²) in [7, 11) is 0. The van der Waals surface area contributed by atoms with Crippen LogP contribution < -0.4 is 10.7 Å². The molecule has 1 fully saturated rings. The third kappa shape index (κ3) is 2.43. The molecule has 1 heterocycles. The number of nitrogens with zero attached hydrogens (tertiary/aromatic N) is 1. The van der Waals surface area contributed by atoms with Crippen LogP contribution in [0.15, 0.2) is 29.1 Å². The second-order valence-corrected chi connectivity index (χ2v) is 5.26. The number of fused-ring (bicyclic) bond motifs is 1. The number of para-hydroxylation sites is 1. The first-order chi connectivity index (χ1) is 9.75. The van der Waals surface area contributed by atoms with Crippen LogP contribution in [0.3, 0.4) is 0 Å². The van der Waals surface area contributed by atoms with Gasteiger partial charge in [-0.25, -0.2) is 0 Å². The van der Waals surface area contributed by atoms with E-state index in [1.54, 1.807) is 18.2 Å². The van der Waals surface area contributed by atoms with Gasteiger partial charge in [-0.05, 0) is 25.0 Å². The number of aromatic nitrogens is 2. The Morgan fingerprint density at radius 1 is 1.20 bits per heavy atom. The van der Waals surface area contributed by atoms with Gasteiger partial charge in [0, 0.05) is 11.4 Å². The first-order valence-corrected chi connectivity index (χ1v) is 7.04. The van der Waals surface area contributed by atoms with Gasteiger partial charge in [0.1, 0.15) is 0 Å². The predicted molar refractivity (Wildman–Crippen MR) is 76.7 cm³/mol. The SMILES string of the molecule is O=C(NC1CCCCC1)c1n[nH]c2ccccc2c1=O. The summed E-state index contributed by atoms with van der Waals surface area (Å²) in [6.45, 7) is 0. The lowest BCUT2D eigenvalue weighted by molar-refractivity contribution is 0.0920. The van der Waals surface area contributed by atoms with Crippen LogP contribution in [0.25, 0.3) is 10.9 Å². The fourth-order valence-corrected chi connectivity index (χ4v) is 2.73. The van der Waals surface area contributed by atoms with Crippen molar-refractivity contribution in [2.24, 2.45) is 0 Å². The lowest BCUT2D eigenvalue weighted by Gasteiger charge is -2.22. The maximum Gasteiger partial charge on any atom is 0.276 e. The average Bonchev–Trinajstić information content (AvgIpc) is 2.49. The molecule has 5 heteroatoms. The van der Waals surface area contributed by atoms with Gasteiger partial charge in [0.15, 0.2) is 5.69 Å². The molecule has 0 unspecified atom stereocenters. The maximum absolute atomic E-state index is 12.3. The van der Waals surface area contributed by atoms with Gasteiger partial charge < -0.3 is 5.32 Å². The van der Waals surface area contributed by atoms with Crippen molar-refractivity contribution in [2.45, 2.75) is 38.1 Å². The smallest absolute Gasteiger partial charge is 0.276 e. The fourth-order valence-electron chi connectivity index (χ4n) is 2.73. The molecule has 0 aliphatic heterocycles. The van der Waals surface area contributed by atoms with Crippen LogP contribution in [0, 0.1) is 0 Å². The third-order valence-corrected chi connectivity index (χ3v) is 3.83. The molecule has 104 valence electrons. The molecule has 0 spiro atoms. The monoisotopic (exact) mass is 271 g/mol. The molecule has 1 aliphatic carbocycles. The topological polar surface area (TPSA) is 74.8 Å². The third-order valence-electron chi connectivity index (χ3n) is 3.83. The summed E-state index contributed by atoms with van der Waals surface area (Å²) in [4.78, 5) is 24.5. The number of rotatable bonds is 2. The zero-order chi connectivity index (χ0) is 13.9. The van der Waals surface area contributed by atoms with Crippen molar-refractivity contribution in [1.29, 1.82) is 0 Å². The van der Waals surface area contributed by atoms with E-state index >= 15 is 0 Å². The first kappa shape index (κ1) is 12.8. The van der Waals surface area contributed by atoms with Gasteiger partial charge in [-0.15, -0.1) is 0 Å². The number of amides is 1. The van der Waals surface area contributed by atoms with Gasteiger partial charge in [-0.3, -0.25) is 14.7 Å². The zero-order valence-corrected chi connectivity index (χ0v) is 11.2. The number of H-pyrrole nitrogens is 1. The lowest BCUT2D eigenvalue weighted by Crippen LogP contribution is -2.39. The van der Waals surface area contributed by atoms with Crippen molar-refractivity contribution in [3.63, 3.8) is 0 Å². The van der Waals surface area contributed by atoms with Crippen molar-refractivity contribution in [2.75, 3.05) is 0 Å². The van der Waals surface area contributed by atoms with E-state index in [2.05, 4.69) is 15.5 Å². The zero-order valence-electron chi connectivity index (χ0n) is 11.2. The normalized spacial score (nSPS) is 16.2. The van der Waals surface area contributed by atoms with Crippen molar-refractivity contribution >= 4 is 16.8 Å². The molecular weight excluding hydrogens is 254 g/mol. The van der Waals surface area contributed by atoms with Gasteiger partial charge in [-0.1, -0.05) is 31.4 Å². The van der Waals surface area contributed by atoms with E-state index in [4.69, 9.17) is 0 Å². The van der Waals surface area contributed by atoms with E-state index in [9.17, 15) is 9.59 Å². The number of nitrogens with one attached hydrogen (secondary N) is 2. The number of hydrogen-bond acceptors (Lipinski definition) is 3. The lowest BCUT2D eigenvalue weighted by atomic mass is 9.95. The Labute approximate surface area is 116 Å². The molecule has 0 radical (unpaired) electrons. The highest BCUT2D eigenvalue weighted by Crippen LogP contribution is 2.17. The molecule has 1 aromatic heterocycles. The minimum absolute atomic E-state index is 0.0470. The predicted octanol–water partition coefficient (Wildman–Crippen LogP) is 1.99. The van der Waals surface area contributed by atoms with Crippen LogP contribution in [0.1, 0.15) is 42.6 Å². The highest BCUT2D eigenvalue weighted by atomic mass is 16.2. The highest BCUT2D eigenvalue weighted by molar-refractivity contribution is 5.95. The molecule has 5 nitrogen and oxygen atoms in total. The largest absolute Gasteiger partial charge is 0.348 e. The fraction of sp³-hybridized carbons (Fsp3) is 0.400. The minimum Gasteiger partial charge on any atom is -0.348 e. The number of aromatic amines is 1. The van der Waals surface area contributed by atoms with Gasteiger partial charge in [0.25, 0.3) is 5.91 Å². The maximum atomic E-state index is 12.3. The molecule has 1 amide bonds. The Kier molecular flexibility index (Phi) is 3.50. The Balaban J connectivity index is 1.87. The summed E-state index contributed by atoms with van der Waals surface area (Å²) in [6.07, 6.45) is 5.45. The van der Waals surface area contributed by atoms with Crippen LogP contribution in [-0.2, 0) is 0 Å². The van der Waals surface area contributed by atoms with E-state index in [-0.39, 0.29) is 23.1 Å². The molecule has 2 aromatic rings. The Hall–Kier alpha value is -2.17. The van der Waals surface area contributed by atoms with Crippen LogP contribution in [0.2, 0.25) is 0 Å². The van der Waals surface area contributed by atoms with Crippen LogP contribution >= 0.6 is 0 Å². The summed E-state index contributed by atoms with van der Waals surface area (Å²) < 4.78 is 0. The van der Waals surface area contributed by atoms with Gasteiger partial charge >= 0.3 is 0 Å². The molecule has 0 saturated heterocycles. The first-order valence-electron chi connectivity index (χ1n) is 7.04. The second-order valence-electron chi connectivity index (χ2n) is 5.26. The summed E-state index contributed by atoms with van der Waals surface area (Å²) in [6, 6.07) is 7.24. The number of hydrogen-bond donors (Lipinski definition) is 2. The van der Waals surface area contributed by atoms with E-state index in [0.717, 1.165) is 25.7 Å². The molecular formula is C15H17N3O2. The molecule has 0 bridgehead atoms. The van der Waals surface area contributed by atoms with E-state index in [1.807, 2.05) is 6.07 Å². The molecule has 2 N–H and O–H groups in total.